The van der Waals surface area contributed by atoms with Crippen LogP contribution >= 0.6 is 11.8 Å². The number of aliphatic hydroxyl groups excluding tert-OH is 1. The lowest BCUT2D eigenvalue weighted by Gasteiger charge is -2.46. The molecule has 1 saturated heterocycles. The predicted octanol–water partition coefficient (Wildman–Crippen LogP) is 2.66. The molecule has 0 amide bonds. The summed E-state index contributed by atoms with van der Waals surface area (Å²) in [5, 5.41) is 20.1. The molecular weight excluding hydrogens is 395 g/mol. The molecule has 1 aromatic rings. The Balaban J connectivity index is 2.01. The Bertz CT molecular complexity index is 814. The summed E-state index contributed by atoms with van der Waals surface area (Å²) >= 11 is 1.48. The lowest BCUT2D eigenvalue weighted by molar-refractivity contribution is -0.132. The third-order valence-electron chi connectivity index (χ3n) is 5.07. The molecule has 0 aromatic heterocycles. The number of hydrogen-bond donors (Lipinski definition) is 2. The van der Waals surface area contributed by atoms with Gasteiger partial charge in [0.2, 0.25) is 0 Å². The van der Waals surface area contributed by atoms with E-state index in [0.717, 1.165) is 5.56 Å². The average Bonchev–Trinajstić information content (AvgIpc) is 2.69. The second-order valence-electron chi connectivity index (χ2n) is 7.11. The van der Waals surface area contributed by atoms with E-state index in [1.807, 2.05) is 30.9 Å². The van der Waals surface area contributed by atoms with Gasteiger partial charge in [-0.05, 0) is 42.0 Å². The summed E-state index contributed by atoms with van der Waals surface area (Å²) in [4.78, 5) is 16.2. The quantitative estimate of drug-likeness (QED) is 0.700. The zero-order valence-electron chi connectivity index (χ0n) is 16.7. The Morgan fingerprint density at radius 1 is 1.41 bits per heavy atom. The van der Waals surface area contributed by atoms with Crippen molar-refractivity contribution in [1.82, 2.24) is 9.80 Å². The first-order chi connectivity index (χ1) is 13.9. The summed E-state index contributed by atoms with van der Waals surface area (Å²) in [7, 11) is 0. The molecule has 0 bridgehead atoms. The Hall–Kier alpha value is -1.87. The summed E-state index contributed by atoms with van der Waals surface area (Å²) in [6, 6.07) is 6.38. The fourth-order valence-corrected chi connectivity index (χ4v) is 4.78. The molecule has 2 atom stereocenters. The number of benzene rings is 1. The van der Waals surface area contributed by atoms with Gasteiger partial charge in [0.25, 0.3) is 0 Å². The van der Waals surface area contributed by atoms with Gasteiger partial charge in [0.1, 0.15) is 12.0 Å². The standard InChI is InChI=1S/C21H27FN2O4S/c1-3-29-20-19(21(26)27)14(2)9-18(23-7-8-28-17(12-23)13-25)24(20)11-15-5-4-6-16(22)10-15/h4-6,9-10,17-18,25H,3,7-8,11-13H2,1-2H3,(H,26,27)/t17-,18?/m0/s1. The van der Waals surface area contributed by atoms with Crippen LogP contribution in [0.25, 0.3) is 0 Å². The number of morpholine rings is 1. The predicted molar refractivity (Wildman–Crippen MR) is 111 cm³/mol. The van der Waals surface area contributed by atoms with Gasteiger partial charge in [-0.15, -0.1) is 11.8 Å². The van der Waals surface area contributed by atoms with Crippen LogP contribution in [-0.4, -0.2) is 70.3 Å². The molecule has 0 saturated carbocycles. The van der Waals surface area contributed by atoms with Crippen molar-refractivity contribution in [3.05, 3.63) is 57.9 Å². The molecule has 0 radical (unpaired) electrons. The van der Waals surface area contributed by atoms with E-state index in [9.17, 15) is 19.4 Å². The zero-order valence-corrected chi connectivity index (χ0v) is 17.5. The number of aliphatic hydroxyl groups is 1. The maximum Gasteiger partial charge on any atom is 0.338 e. The van der Waals surface area contributed by atoms with E-state index in [0.29, 0.717) is 42.6 Å². The molecule has 0 aliphatic carbocycles. The van der Waals surface area contributed by atoms with Crippen LogP contribution in [0, 0.1) is 5.82 Å². The minimum absolute atomic E-state index is 0.0669. The van der Waals surface area contributed by atoms with Crippen LogP contribution in [0.3, 0.4) is 0 Å². The van der Waals surface area contributed by atoms with Gasteiger partial charge in [0.05, 0.1) is 29.9 Å². The number of thioether (sulfide) groups is 1. The van der Waals surface area contributed by atoms with Crippen LogP contribution in [0.5, 0.6) is 0 Å². The van der Waals surface area contributed by atoms with E-state index in [1.165, 1.54) is 23.9 Å². The lowest BCUT2D eigenvalue weighted by Crippen LogP contribution is -2.55. The van der Waals surface area contributed by atoms with Gasteiger partial charge in [0.15, 0.2) is 0 Å². The van der Waals surface area contributed by atoms with Crippen LogP contribution in [-0.2, 0) is 16.1 Å². The van der Waals surface area contributed by atoms with E-state index in [1.54, 1.807) is 6.07 Å². The smallest absolute Gasteiger partial charge is 0.338 e. The molecule has 6 nitrogen and oxygen atoms in total. The first-order valence-electron chi connectivity index (χ1n) is 9.71. The number of hydrogen-bond acceptors (Lipinski definition) is 6. The van der Waals surface area contributed by atoms with E-state index in [4.69, 9.17) is 4.74 Å². The van der Waals surface area contributed by atoms with E-state index in [-0.39, 0.29) is 30.3 Å². The summed E-state index contributed by atoms with van der Waals surface area (Å²) in [5.74, 6) is -0.567. The maximum absolute atomic E-state index is 13.8. The Labute approximate surface area is 174 Å². The number of rotatable bonds is 7. The molecule has 0 spiro atoms. The van der Waals surface area contributed by atoms with Crippen molar-refractivity contribution >= 4 is 17.7 Å². The fraction of sp³-hybridized carbons (Fsp3) is 0.476. The van der Waals surface area contributed by atoms with Gasteiger partial charge >= 0.3 is 5.97 Å². The minimum Gasteiger partial charge on any atom is -0.478 e. The van der Waals surface area contributed by atoms with E-state index >= 15 is 0 Å². The number of nitrogens with zero attached hydrogens (tertiary/aromatic N) is 2. The van der Waals surface area contributed by atoms with Crippen molar-refractivity contribution in [2.75, 3.05) is 32.1 Å². The first-order valence-corrected chi connectivity index (χ1v) is 10.7. The average molecular weight is 423 g/mol. The molecule has 8 heteroatoms. The number of ether oxygens (including phenoxy) is 1. The third kappa shape index (κ3) is 5.01. The van der Waals surface area contributed by atoms with Gasteiger partial charge in [-0.3, -0.25) is 4.90 Å². The van der Waals surface area contributed by atoms with Gasteiger partial charge in [0, 0.05) is 19.6 Å². The van der Waals surface area contributed by atoms with E-state index in [2.05, 4.69) is 4.90 Å². The van der Waals surface area contributed by atoms with Crippen molar-refractivity contribution in [2.45, 2.75) is 32.7 Å². The number of carboxylic acids is 1. The maximum atomic E-state index is 13.8. The lowest BCUT2D eigenvalue weighted by atomic mass is 10.0. The molecular formula is C21H27FN2O4S. The number of halogens is 1. The van der Waals surface area contributed by atoms with E-state index < -0.39 is 5.97 Å². The SMILES string of the molecule is CCSC1=C(C(=O)O)C(C)=CC(N2CCO[C@H](CO)C2)N1Cc1cccc(F)c1. The monoisotopic (exact) mass is 422 g/mol. The molecule has 2 heterocycles. The highest BCUT2D eigenvalue weighted by molar-refractivity contribution is 8.03. The second-order valence-corrected chi connectivity index (χ2v) is 8.36. The molecule has 2 N–H and O–H groups in total. The Kier molecular flexibility index (Phi) is 7.34. The van der Waals surface area contributed by atoms with Gasteiger partial charge in [-0.2, -0.15) is 0 Å². The molecule has 2 aliphatic heterocycles. The molecule has 1 fully saturated rings. The Morgan fingerprint density at radius 2 is 2.21 bits per heavy atom. The number of carboxylic acid groups (broad SMARTS) is 1. The number of aliphatic carboxylic acids is 1. The van der Waals surface area contributed by atoms with Crippen molar-refractivity contribution in [1.29, 1.82) is 0 Å². The molecule has 2 aliphatic rings. The highest BCUT2D eigenvalue weighted by Crippen LogP contribution is 2.37. The van der Waals surface area contributed by atoms with Gasteiger partial charge in [-0.25, -0.2) is 9.18 Å². The summed E-state index contributed by atoms with van der Waals surface area (Å²) in [5.41, 5.74) is 1.77. The van der Waals surface area contributed by atoms with Crippen LogP contribution in [0.4, 0.5) is 4.39 Å². The number of carbonyl (C=O) groups is 1. The molecule has 1 unspecified atom stereocenters. The Morgan fingerprint density at radius 3 is 2.86 bits per heavy atom. The van der Waals surface area contributed by atoms with Gasteiger partial charge in [-0.1, -0.05) is 19.1 Å². The van der Waals surface area contributed by atoms with Gasteiger partial charge < -0.3 is 19.8 Å². The summed E-state index contributed by atoms with van der Waals surface area (Å²) < 4.78 is 19.4. The van der Waals surface area contributed by atoms with Crippen molar-refractivity contribution in [3.8, 4) is 0 Å². The molecule has 158 valence electrons. The van der Waals surface area contributed by atoms with Crippen LogP contribution in [0.2, 0.25) is 0 Å². The topological polar surface area (TPSA) is 73.2 Å². The second kappa shape index (κ2) is 9.75. The van der Waals surface area contributed by atoms with Crippen molar-refractivity contribution < 1.29 is 24.1 Å². The molecule has 1 aromatic carbocycles. The van der Waals surface area contributed by atoms with Crippen molar-refractivity contribution in [3.63, 3.8) is 0 Å². The van der Waals surface area contributed by atoms with Crippen LogP contribution in [0.1, 0.15) is 19.4 Å². The van der Waals surface area contributed by atoms with Crippen molar-refractivity contribution in [2.24, 2.45) is 0 Å². The highest BCUT2D eigenvalue weighted by atomic mass is 32.2. The third-order valence-corrected chi connectivity index (χ3v) is 6.07. The first kappa shape index (κ1) is 21.8. The zero-order chi connectivity index (χ0) is 21.0. The minimum atomic E-state index is -0.965. The summed E-state index contributed by atoms with van der Waals surface area (Å²) in [6.45, 7) is 5.81. The normalized spacial score (nSPS) is 23.3. The summed E-state index contributed by atoms with van der Waals surface area (Å²) in [6.07, 6.45) is 1.47. The van der Waals surface area contributed by atoms with Crippen LogP contribution < -0.4 is 0 Å². The molecule has 29 heavy (non-hydrogen) atoms. The highest BCUT2D eigenvalue weighted by Gasteiger charge is 2.36. The molecule has 3 rings (SSSR count). The largest absolute Gasteiger partial charge is 0.478 e. The van der Waals surface area contributed by atoms with Crippen LogP contribution in [0.15, 0.2) is 46.5 Å². The fourth-order valence-electron chi connectivity index (χ4n) is 3.77.